The minimum Gasteiger partial charge on any atom is -0.494 e. The number of methoxy groups -OCH3 is 1. The summed E-state index contributed by atoms with van der Waals surface area (Å²) in [5.41, 5.74) is 6.03. The van der Waals surface area contributed by atoms with Gasteiger partial charge in [-0.1, -0.05) is 24.4 Å². The molecule has 0 aliphatic carbocycles. The number of nitrogens with zero attached hydrogens (tertiary/aromatic N) is 1. The molecule has 0 bridgehead atoms. The Hall–Kier alpha value is -1.20. The summed E-state index contributed by atoms with van der Waals surface area (Å²) in [7, 11) is 3.36. The molecule has 0 heterocycles. The van der Waals surface area contributed by atoms with E-state index in [4.69, 9.17) is 22.7 Å². The second-order valence-electron chi connectivity index (χ2n) is 3.89. The first-order chi connectivity index (χ1) is 8.04. The Labute approximate surface area is 106 Å². The summed E-state index contributed by atoms with van der Waals surface area (Å²) >= 11 is 4.80. The van der Waals surface area contributed by atoms with Crippen molar-refractivity contribution in [3.05, 3.63) is 29.6 Å². The van der Waals surface area contributed by atoms with Crippen LogP contribution in [0.15, 0.2) is 18.2 Å². The second-order valence-corrected chi connectivity index (χ2v) is 4.41. The highest BCUT2D eigenvalue weighted by atomic mass is 32.1. The van der Waals surface area contributed by atoms with Crippen LogP contribution in [-0.4, -0.2) is 30.6 Å². The van der Waals surface area contributed by atoms with Crippen molar-refractivity contribution in [3.8, 4) is 5.75 Å². The van der Waals surface area contributed by atoms with Crippen LogP contribution in [0.25, 0.3) is 0 Å². The van der Waals surface area contributed by atoms with E-state index >= 15 is 0 Å². The van der Waals surface area contributed by atoms with Crippen LogP contribution in [-0.2, 0) is 6.54 Å². The number of hydrogen-bond acceptors (Lipinski definition) is 3. The van der Waals surface area contributed by atoms with Gasteiger partial charge in [0.05, 0.1) is 12.1 Å². The van der Waals surface area contributed by atoms with Crippen molar-refractivity contribution in [1.29, 1.82) is 0 Å². The fourth-order valence-corrected chi connectivity index (χ4v) is 1.60. The largest absolute Gasteiger partial charge is 0.494 e. The van der Waals surface area contributed by atoms with Crippen molar-refractivity contribution in [2.75, 3.05) is 20.7 Å². The molecule has 0 unspecified atom stereocenters. The van der Waals surface area contributed by atoms with E-state index in [1.807, 2.05) is 11.9 Å². The molecule has 0 aliphatic rings. The predicted octanol–water partition coefficient (Wildman–Crippen LogP) is 1.94. The van der Waals surface area contributed by atoms with E-state index in [1.54, 1.807) is 18.2 Å². The monoisotopic (exact) mass is 256 g/mol. The third kappa shape index (κ3) is 4.28. The lowest BCUT2D eigenvalue weighted by molar-refractivity contribution is 0.325. The zero-order valence-electron chi connectivity index (χ0n) is 10.1. The van der Waals surface area contributed by atoms with Gasteiger partial charge in [-0.25, -0.2) is 4.39 Å². The first-order valence-corrected chi connectivity index (χ1v) is 5.73. The minimum absolute atomic E-state index is 0.269. The topological polar surface area (TPSA) is 38.5 Å². The number of ether oxygens (including phenoxy) is 1. The molecule has 0 fully saturated rings. The third-order valence-corrected chi connectivity index (χ3v) is 2.65. The molecule has 0 saturated carbocycles. The highest BCUT2D eigenvalue weighted by molar-refractivity contribution is 7.80. The standard InChI is InChI=1S/C12H17FN2OS/c1-15(7-6-11(14)17)8-9-4-3-5-10(16-2)12(9)13/h3-5H,6-8H2,1-2H3,(H2,14,17). The maximum absolute atomic E-state index is 13.8. The Bertz CT molecular complexity index is 398. The molecule has 1 aromatic carbocycles. The van der Waals surface area contributed by atoms with Crippen LogP contribution in [0.3, 0.4) is 0 Å². The van der Waals surface area contributed by atoms with E-state index in [0.717, 1.165) is 0 Å². The SMILES string of the molecule is COc1cccc(CN(C)CCC(N)=S)c1F. The molecule has 0 aromatic heterocycles. The van der Waals surface area contributed by atoms with Gasteiger partial charge in [0.15, 0.2) is 11.6 Å². The van der Waals surface area contributed by atoms with Crippen molar-refractivity contribution in [1.82, 2.24) is 4.90 Å². The number of benzene rings is 1. The number of halogens is 1. The molecule has 1 aromatic rings. The van der Waals surface area contributed by atoms with Gasteiger partial charge in [-0.15, -0.1) is 0 Å². The zero-order valence-corrected chi connectivity index (χ0v) is 10.9. The van der Waals surface area contributed by atoms with Crippen LogP contribution in [0.2, 0.25) is 0 Å². The molecule has 17 heavy (non-hydrogen) atoms. The average molecular weight is 256 g/mol. The molecule has 0 aliphatic heterocycles. The molecule has 3 nitrogen and oxygen atoms in total. The lowest BCUT2D eigenvalue weighted by atomic mass is 10.2. The third-order valence-electron chi connectivity index (χ3n) is 2.44. The van der Waals surface area contributed by atoms with Gasteiger partial charge in [0.25, 0.3) is 0 Å². The molecule has 94 valence electrons. The molecule has 0 atom stereocenters. The summed E-state index contributed by atoms with van der Waals surface area (Å²) in [4.78, 5) is 2.44. The lowest BCUT2D eigenvalue weighted by Crippen LogP contribution is -2.23. The van der Waals surface area contributed by atoms with Crippen molar-refractivity contribution < 1.29 is 9.13 Å². The summed E-state index contributed by atoms with van der Waals surface area (Å²) in [6, 6.07) is 5.13. The Balaban J connectivity index is 2.64. The highest BCUT2D eigenvalue weighted by Crippen LogP contribution is 2.20. The number of hydrogen-bond donors (Lipinski definition) is 1. The van der Waals surface area contributed by atoms with Crippen LogP contribution in [0.5, 0.6) is 5.75 Å². The van der Waals surface area contributed by atoms with Gasteiger partial charge >= 0.3 is 0 Å². The Morgan fingerprint density at radius 1 is 1.53 bits per heavy atom. The van der Waals surface area contributed by atoms with Gasteiger partial charge in [-0.05, 0) is 13.1 Å². The van der Waals surface area contributed by atoms with Crippen LogP contribution < -0.4 is 10.5 Å². The molecule has 0 amide bonds. The van der Waals surface area contributed by atoms with E-state index in [9.17, 15) is 4.39 Å². The second kappa shape index (κ2) is 6.51. The first-order valence-electron chi connectivity index (χ1n) is 5.32. The van der Waals surface area contributed by atoms with E-state index in [1.165, 1.54) is 7.11 Å². The van der Waals surface area contributed by atoms with E-state index in [2.05, 4.69) is 0 Å². The average Bonchev–Trinajstić information content (AvgIpc) is 2.29. The maximum atomic E-state index is 13.8. The molecular formula is C12H17FN2OS. The molecular weight excluding hydrogens is 239 g/mol. The molecule has 2 N–H and O–H groups in total. The van der Waals surface area contributed by atoms with Gasteiger partial charge < -0.3 is 15.4 Å². The summed E-state index contributed by atoms with van der Waals surface area (Å²) in [5, 5.41) is 0. The van der Waals surface area contributed by atoms with E-state index < -0.39 is 0 Å². The van der Waals surface area contributed by atoms with Gasteiger partial charge in [0, 0.05) is 25.1 Å². The van der Waals surface area contributed by atoms with Crippen LogP contribution in [0.1, 0.15) is 12.0 Å². The molecule has 0 radical (unpaired) electrons. The van der Waals surface area contributed by atoms with Crippen molar-refractivity contribution >= 4 is 17.2 Å². The van der Waals surface area contributed by atoms with Gasteiger partial charge in [-0.3, -0.25) is 0 Å². The number of thiocarbonyl (C=S) groups is 1. The summed E-state index contributed by atoms with van der Waals surface area (Å²) in [6.45, 7) is 1.22. The summed E-state index contributed by atoms with van der Waals surface area (Å²) < 4.78 is 18.8. The van der Waals surface area contributed by atoms with Crippen molar-refractivity contribution in [2.24, 2.45) is 5.73 Å². The smallest absolute Gasteiger partial charge is 0.169 e. The number of nitrogens with two attached hydrogens (primary N) is 1. The summed E-state index contributed by atoms with van der Waals surface area (Å²) in [6.07, 6.45) is 0.636. The minimum atomic E-state index is -0.308. The van der Waals surface area contributed by atoms with Gasteiger partial charge in [0.2, 0.25) is 0 Å². The van der Waals surface area contributed by atoms with Crippen molar-refractivity contribution in [2.45, 2.75) is 13.0 Å². The van der Waals surface area contributed by atoms with Gasteiger partial charge in [0.1, 0.15) is 0 Å². The summed E-state index contributed by atoms with van der Waals surface area (Å²) in [5.74, 6) is -0.0394. The van der Waals surface area contributed by atoms with Crippen molar-refractivity contribution in [3.63, 3.8) is 0 Å². The Kier molecular flexibility index (Phi) is 5.31. The first kappa shape index (κ1) is 13.9. The zero-order chi connectivity index (χ0) is 12.8. The lowest BCUT2D eigenvalue weighted by Gasteiger charge is -2.17. The van der Waals surface area contributed by atoms with E-state index in [0.29, 0.717) is 30.1 Å². The van der Waals surface area contributed by atoms with E-state index in [-0.39, 0.29) is 11.6 Å². The Morgan fingerprint density at radius 2 is 2.24 bits per heavy atom. The fourth-order valence-electron chi connectivity index (χ4n) is 1.51. The fraction of sp³-hybridized carbons (Fsp3) is 0.417. The predicted molar refractivity (Wildman–Crippen MR) is 70.7 cm³/mol. The highest BCUT2D eigenvalue weighted by Gasteiger charge is 2.10. The Morgan fingerprint density at radius 3 is 2.82 bits per heavy atom. The maximum Gasteiger partial charge on any atom is 0.169 e. The molecule has 0 saturated heterocycles. The van der Waals surface area contributed by atoms with Crippen LogP contribution in [0, 0.1) is 5.82 Å². The molecule has 0 spiro atoms. The molecule has 5 heteroatoms. The van der Waals surface area contributed by atoms with Crippen LogP contribution in [0.4, 0.5) is 4.39 Å². The van der Waals surface area contributed by atoms with Crippen LogP contribution >= 0.6 is 12.2 Å². The normalized spacial score (nSPS) is 10.6. The quantitative estimate of drug-likeness (QED) is 0.790. The van der Waals surface area contributed by atoms with Gasteiger partial charge in [-0.2, -0.15) is 0 Å². The number of rotatable bonds is 6. The molecule has 1 rings (SSSR count).